The molecule has 6 nitrogen and oxygen atoms in total. The van der Waals surface area contributed by atoms with E-state index in [1.165, 1.54) is 0 Å². The zero-order chi connectivity index (χ0) is 22.9. The third-order valence-corrected chi connectivity index (χ3v) is 5.84. The van der Waals surface area contributed by atoms with E-state index in [0.717, 1.165) is 42.8 Å². The van der Waals surface area contributed by atoms with Gasteiger partial charge in [0.25, 0.3) is 0 Å². The molecule has 0 spiro atoms. The first-order valence-electron chi connectivity index (χ1n) is 11.5. The van der Waals surface area contributed by atoms with Gasteiger partial charge >= 0.3 is 0 Å². The van der Waals surface area contributed by atoms with Crippen molar-refractivity contribution < 1.29 is 14.3 Å². The van der Waals surface area contributed by atoms with Gasteiger partial charge in [-0.2, -0.15) is 0 Å². The van der Waals surface area contributed by atoms with Crippen molar-refractivity contribution in [1.82, 2.24) is 15.5 Å². The Balaban J connectivity index is 1.78. The first-order chi connectivity index (χ1) is 15.5. The van der Waals surface area contributed by atoms with Crippen molar-refractivity contribution in [3.8, 4) is 5.75 Å². The highest BCUT2D eigenvalue weighted by Crippen LogP contribution is 2.31. The molecule has 1 aliphatic heterocycles. The lowest BCUT2D eigenvalue weighted by Gasteiger charge is -2.30. The van der Waals surface area contributed by atoms with Gasteiger partial charge in [-0.15, -0.1) is 0 Å². The summed E-state index contributed by atoms with van der Waals surface area (Å²) in [5.41, 5.74) is 1.84. The Labute approximate surface area is 191 Å². The second kappa shape index (κ2) is 11.7. The van der Waals surface area contributed by atoms with Gasteiger partial charge in [0, 0.05) is 18.5 Å². The van der Waals surface area contributed by atoms with Crippen molar-refractivity contribution in [2.24, 2.45) is 5.92 Å². The highest BCUT2D eigenvalue weighted by atomic mass is 16.5. The van der Waals surface area contributed by atoms with Crippen LogP contribution in [0.25, 0.3) is 0 Å². The maximum absolute atomic E-state index is 13.3. The smallest absolute Gasteiger partial charge is 0.247 e. The van der Waals surface area contributed by atoms with E-state index in [4.69, 9.17) is 4.74 Å². The molecule has 2 N–H and O–H groups in total. The summed E-state index contributed by atoms with van der Waals surface area (Å²) in [5, 5.41) is 6.05. The molecular weight excluding hydrogens is 402 g/mol. The van der Waals surface area contributed by atoms with Gasteiger partial charge in [-0.25, -0.2) is 0 Å². The lowest BCUT2D eigenvalue weighted by atomic mass is 10.0. The molecule has 1 aliphatic rings. The van der Waals surface area contributed by atoms with Crippen molar-refractivity contribution in [2.75, 3.05) is 26.7 Å². The highest BCUT2D eigenvalue weighted by Gasteiger charge is 2.28. The molecular formula is C26H35N3O3. The van der Waals surface area contributed by atoms with Crippen LogP contribution >= 0.6 is 0 Å². The quantitative estimate of drug-likeness (QED) is 0.592. The molecule has 1 heterocycles. The van der Waals surface area contributed by atoms with Crippen LogP contribution in [0.15, 0.2) is 54.6 Å². The molecule has 2 aromatic carbocycles. The number of hydrogen-bond donors (Lipinski definition) is 2. The van der Waals surface area contributed by atoms with Crippen molar-refractivity contribution in [3.05, 3.63) is 65.7 Å². The number of carbonyl (C=O) groups excluding carboxylic acids is 2. The maximum atomic E-state index is 13.3. The number of para-hydroxylation sites is 1. The maximum Gasteiger partial charge on any atom is 0.247 e. The first kappa shape index (κ1) is 23.8. The second-order valence-electron chi connectivity index (χ2n) is 8.76. The molecule has 0 bridgehead atoms. The van der Waals surface area contributed by atoms with Crippen LogP contribution in [0.1, 0.15) is 56.3 Å². The molecule has 0 saturated carbocycles. The van der Waals surface area contributed by atoms with Gasteiger partial charge in [0.05, 0.1) is 13.2 Å². The van der Waals surface area contributed by atoms with Crippen LogP contribution in [-0.4, -0.2) is 43.5 Å². The summed E-state index contributed by atoms with van der Waals surface area (Å²) in [5.74, 6) is 0.722. The molecule has 2 amide bonds. The van der Waals surface area contributed by atoms with Crippen LogP contribution in [0.2, 0.25) is 0 Å². The minimum absolute atomic E-state index is 0.0142. The van der Waals surface area contributed by atoms with Gasteiger partial charge in [-0.05, 0) is 43.5 Å². The number of hydrogen-bond acceptors (Lipinski definition) is 4. The van der Waals surface area contributed by atoms with Crippen LogP contribution < -0.4 is 15.4 Å². The van der Waals surface area contributed by atoms with E-state index < -0.39 is 6.04 Å². The van der Waals surface area contributed by atoms with Gasteiger partial charge in [0.1, 0.15) is 11.8 Å². The molecule has 2 unspecified atom stereocenters. The number of methoxy groups -OCH3 is 1. The van der Waals surface area contributed by atoms with Gasteiger partial charge in [0.2, 0.25) is 11.8 Å². The van der Waals surface area contributed by atoms with E-state index in [9.17, 15) is 9.59 Å². The number of rotatable bonds is 10. The number of ether oxygens (including phenoxy) is 1. The van der Waals surface area contributed by atoms with Gasteiger partial charge in [0.15, 0.2) is 0 Å². The Morgan fingerprint density at radius 2 is 1.66 bits per heavy atom. The van der Waals surface area contributed by atoms with Gasteiger partial charge in [-0.1, -0.05) is 62.4 Å². The molecule has 1 saturated heterocycles. The zero-order valence-electron chi connectivity index (χ0n) is 19.3. The third-order valence-electron chi connectivity index (χ3n) is 5.84. The van der Waals surface area contributed by atoms with Crippen LogP contribution in [0.5, 0.6) is 5.75 Å². The summed E-state index contributed by atoms with van der Waals surface area (Å²) in [7, 11) is 1.67. The molecule has 3 rings (SSSR count). The molecule has 1 fully saturated rings. The lowest BCUT2D eigenvalue weighted by molar-refractivity contribution is -0.129. The number of carbonyl (C=O) groups is 2. The monoisotopic (exact) mass is 437 g/mol. The molecule has 0 aliphatic carbocycles. The van der Waals surface area contributed by atoms with Crippen molar-refractivity contribution in [1.29, 1.82) is 0 Å². The first-order valence-corrected chi connectivity index (χ1v) is 11.5. The topological polar surface area (TPSA) is 70.7 Å². The Hall–Kier alpha value is -2.86. The van der Waals surface area contributed by atoms with Crippen LogP contribution in [0.3, 0.4) is 0 Å². The minimum Gasteiger partial charge on any atom is -0.496 e. The molecule has 2 aromatic rings. The molecule has 32 heavy (non-hydrogen) atoms. The number of benzene rings is 2. The second-order valence-corrected chi connectivity index (χ2v) is 8.76. The van der Waals surface area contributed by atoms with Crippen molar-refractivity contribution in [2.45, 2.75) is 45.2 Å². The highest BCUT2D eigenvalue weighted by molar-refractivity contribution is 5.88. The number of amides is 2. The Kier molecular flexibility index (Phi) is 8.68. The van der Waals surface area contributed by atoms with Crippen LogP contribution in [-0.2, 0) is 9.59 Å². The number of likely N-dealkylation sites (tertiary alicyclic amines) is 1. The van der Waals surface area contributed by atoms with E-state index in [1.54, 1.807) is 7.11 Å². The summed E-state index contributed by atoms with van der Waals surface area (Å²) in [6.07, 6.45) is 2.68. The fourth-order valence-electron chi connectivity index (χ4n) is 4.27. The lowest BCUT2D eigenvalue weighted by Crippen LogP contribution is -2.44. The standard InChI is InChI=1S/C26H35N3O3/c1-19(2)17-24(30)28-25(20-11-5-4-6-12-20)26(31)27-18-22(29-15-9-10-16-29)21-13-7-8-14-23(21)32-3/h4-8,11-14,19,22,25H,9-10,15-18H2,1-3H3,(H,27,31)(H,28,30). The Morgan fingerprint density at radius 3 is 2.31 bits per heavy atom. The SMILES string of the molecule is COc1ccccc1C(CNC(=O)C(NC(=O)CC(C)C)c1ccccc1)N1CCCC1. The van der Waals surface area contributed by atoms with E-state index >= 15 is 0 Å². The number of nitrogens with one attached hydrogen (secondary N) is 2. The molecule has 0 radical (unpaired) electrons. The molecule has 6 heteroatoms. The normalized spacial score (nSPS) is 15.9. The van der Waals surface area contributed by atoms with Gasteiger partial charge in [-0.3, -0.25) is 14.5 Å². The molecule has 2 atom stereocenters. The van der Waals surface area contributed by atoms with E-state index in [1.807, 2.05) is 62.4 Å². The Morgan fingerprint density at radius 1 is 1.00 bits per heavy atom. The molecule has 0 aromatic heterocycles. The van der Waals surface area contributed by atoms with Crippen LogP contribution in [0.4, 0.5) is 0 Å². The van der Waals surface area contributed by atoms with Crippen molar-refractivity contribution in [3.63, 3.8) is 0 Å². The average molecular weight is 438 g/mol. The van der Waals surface area contributed by atoms with E-state index in [2.05, 4.69) is 21.6 Å². The van der Waals surface area contributed by atoms with Crippen molar-refractivity contribution >= 4 is 11.8 Å². The molecule has 172 valence electrons. The Bertz CT molecular complexity index is 879. The summed E-state index contributed by atoms with van der Waals surface area (Å²) < 4.78 is 5.60. The predicted molar refractivity (Wildman–Crippen MR) is 126 cm³/mol. The fraction of sp³-hybridized carbons (Fsp3) is 0.462. The summed E-state index contributed by atoms with van der Waals surface area (Å²) in [4.78, 5) is 28.2. The zero-order valence-corrected chi connectivity index (χ0v) is 19.3. The van der Waals surface area contributed by atoms with Crippen LogP contribution in [0, 0.1) is 5.92 Å². The van der Waals surface area contributed by atoms with E-state index in [0.29, 0.717) is 13.0 Å². The number of nitrogens with zero attached hydrogens (tertiary/aromatic N) is 1. The largest absolute Gasteiger partial charge is 0.496 e. The summed E-state index contributed by atoms with van der Waals surface area (Å²) in [6.45, 7) is 6.41. The third kappa shape index (κ3) is 6.33. The van der Waals surface area contributed by atoms with Gasteiger partial charge < -0.3 is 15.4 Å². The summed E-state index contributed by atoms with van der Waals surface area (Å²) >= 11 is 0. The fourth-order valence-corrected chi connectivity index (χ4v) is 4.27. The average Bonchev–Trinajstić information content (AvgIpc) is 3.32. The summed E-state index contributed by atoms with van der Waals surface area (Å²) in [6, 6.07) is 16.7. The predicted octanol–water partition coefficient (Wildman–Crippen LogP) is 3.85. The minimum atomic E-state index is -0.723. The van der Waals surface area contributed by atoms with E-state index in [-0.39, 0.29) is 23.8 Å².